The van der Waals surface area contributed by atoms with Crippen LogP contribution in [-0.2, 0) is 6.42 Å². The molecule has 0 aromatic heterocycles. The number of carboxylic acids is 1. The van der Waals surface area contributed by atoms with Crippen molar-refractivity contribution in [2.45, 2.75) is 13.3 Å². The predicted octanol–water partition coefficient (Wildman–Crippen LogP) is 3.20. The van der Waals surface area contributed by atoms with Crippen LogP contribution in [0.5, 0.6) is 0 Å². The molecule has 4 nitrogen and oxygen atoms in total. The van der Waals surface area contributed by atoms with Crippen LogP contribution < -0.4 is 5.32 Å². The van der Waals surface area contributed by atoms with Crippen molar-refractivity contribution in [3.63, 3.8) is 0 Å². The third-order valence-corrected chi connectivity index (χ3v) is 3.01. The molecule has 0 unspecified atom stereocenters. The standard InChI is InChI=1S/C16H15NO3/c1-2-11-6-3-4-9-14(11)15(18)17-13-8-5-7-12(10-13)16(19)20/h3-10H,2H2,1H3,(H,17,18)(H,19,20). The highest BCUT2D eigenvalue weighted by atomic mass is 16.4. The average Bonchev–Trinajstić information content (AvgIpc) is 2.47. The highest BCUT2D eigenvalue weighted by molar-refractivity contribution is 6.05. The number of anilines is 1. The number of rotatable bonds is 4. The Bertz CT molecular complexity index is 650. The molecule has 0 radical (unpaired) electrons. The highest BCUT2D eigenvalue weighted by Gasteiger charge is 2.11. The molecule has 20 heavy (non-hydrogen) atoms. The van der Waals surface area contributed by atoms with Crippen LogP contribution >= 0.6 is 0 Å². The van der Waals surface area contributed by atoms with Gasteiger partial charge in [-0.25, -0.2) is 4.79 Å². The summed E-state index contributed by atoms with van der Waals surface area (Å²) in [5, 5.41) is 11.7. The zero-order valence-corrected chi connectivity index (χ0v) is 11.1. The van der Waals surface area contributed by atoms with Crippen molar-refractivity contribution in [2.24, 2.45) is 0 Å². The van der Waals surface area contributed by atoms with Gasteiger partial charge in [-0.05, 0) is 36.2 Å². The van der Waals surface area contributed by atoms with E-state index in [9.17, 15) is 9.59 Å². The van der Waals surface area contributed by atoms with Crippen LogP contribution in [0.1, 0.15) is 33.2 Å². The van der Waals surface area contributed by atoms with E-state index in [2.05, 4.69) is 5.32 Å². The van der Waals surface area contributed by atoms with Gasteiger partial charge in [-0.15, -0.1) is 0 Å². The van der Waals surface area contributed by atoms with Gasteiger partial charge in [0.1, 0.15) is 0 Å². The van der Waals surface area contributed by atoms with E-state index in [1.54, 1.807) is 18.2 Å². The summed E-state index contributed by atoms with van der Waals surface area (Å²) in [5.74, 6) is -1.25. The molecule has 2 aromatic carbocycles. The normalized spacial score (nSPS) is 10.1. The monoisotopic (exact) mass is 269 g/mol. The number of aryl methyl sites for hydroxylation is 1. The first kappa shape index (κ1) is 13.8. The lowest BCUT2D eigenvalue weighted by Crippen LogP contribution is -2.14. The van der Waals surface area contributed by atoms with E-state index in [1.165, 1.54) is 12.1 Å². The van der Waals surface area contributed by atoms with Gasteiger partial charge in [0.15, 0.2) is 0 Å². The third kappa shape index (κ3) is 3.03. The number of aromatic carboxylic acids is 1. The smallest absolute Gasteiger partial charge is 0.335 e. The van der Waals surface area contributed by atoms with Crippen LogP contribution in [0.2, 0.25) is 0 Å². The fourth-order valence-electron chi connectivity index (χ4n) is 1.98. The van der Waals surface area contributed by atoms with Gasteiger partial charge in [0.25, 0.3) is 5.91 Å². The summed E-state index contributed by atoms with van der Waals surface area (Å²) in [4.78, 5) is 23.1. The summed E-state index contributed by atoms with van der Waals surface area (Å²) in [7, 11) is 0. The average molecular weight is 269 g/mol. The Hall–Kier alpha value is -2.62. The molecular weight excluding hydrogens is 254 g/mol. The van der Waals surface area contributed by atoms with Crippen molar-refractivity contribution in [3.05, 3.63) is 65.2 Å². The number of hydrogen-bond donors (Lipinski definition) is 2. The van der Waals surface area contributed by atoms with Crippen LogP contribution in [0.15, 0.2) is 48.5 Å². The Labute approximate surface area is 117 Å². The predicted molar refractivity (Wildman–Crippen MR) is 77.2 cm³/mol. The molecule has 0 aliphatic carbocycles. The molecular formula is C16H15NO3. The number of carbonyl (C=O) groups is 2. The second-order valence-corrected chi connectivity index (χ2v) is 4.35. The third-order valence-electron chi connectivity index (χ3n) is 3.01. The lowest BCUT2D eigenvalue weighted by Gasteiger charge is -2.09. The number of nitrogens with one attached hydrogen (secondary N) is 1. The molecule has 0 aliphatic heterocycles. The molecule has 0 aliphatic rings. The van der Waals surface area contributed by atoms with Gasteiger partial charge in [-0.2, -0.15) is 0 Å². The first-order chi connectivity index (χ1) is 9.61. The molecule has 0 spiro atoms. The quantitative estimate of drug-likeness (QED) is 0.895. The Morgan fingerprint density at radius 3 is 2.55 bits per heavy atom. The maximum Gasteiger partial charge on any atom is 0.335 e. The minimum absolute atomic E-state index is 0.145. The van der Waals surface area contributed by atoms with Crippen molar-refractivity contribution in [1.29, 1.82) is 0 Å². The summed E-state index contributed by atoms with van der Waals surface area (Å²) in [6.45, 7) is 1.98. The minimum Gasteiger partial charge on any atom is -0.478 e. The zero-order valence-electron chi connectivity index (χ0n) is 11.1. The van der Waals surface area contributed by atoms with Crippen molar-refractivity contribution < 1.29 is 14.7 Å². The molecule has 0 fully saturated rings. The zero-order chi connectivity index (χ0) is 14.5. The Kier molecular flexibility index (Phi) is 4.15. The second kappa shape index (κ2) is 6.02. The molecule has 4 heteroatoms. The Balaban J connectivity index is 2.23. The summed E-state index contributed by atoms with van der Waals surface area (Å²) >= 11 is 0. The number of carbonyl (C=O) groups excluding carboxylic acids is 1. The summed E-state index contributed by atoms with van der Waals surface area (Å²) in [6, 6.07) is 13.6. The molecule has 2 N–H and O–H groups in total. The van der Waals surface area contributed by atoms with Gasteiger partial charge >= 0.3 is 5.97 Å². The number of carboxylic acid groups (broad SMARTS) is 1. The fourth-order valence-corrected chi connectivity index (χ4v) is 1.98. The Morgan fingerprint density at radius 1 is 1.10 bits per heavy atom. The van der Waals surface area contributed by atoms with Crippen LogP contribution in [0.4, 0.5) is 5.69 Å². The van der Waals surface area contributed by atoms with Crippen molar-refractivity contribution >= 4 is 17.6 Å². The first-order valence-corrected chi connectivity index (χ1v) is 6.34. The lowest BCUT2D eigenvalue weighted by molar-refractivity contribution is 0.0696. The number of benzene rings is 2. The summed E-state index contributed by atoms with van der Waals surface area (Å²) in [5.41, 5.74) is 2.18. The Morgan fingerprint density at radius 2 is 1.85 bits per heavy atom. The van der Waals surface area contributed by atoms with E-state index in [0.717, 1.165) is 12.0 Å². The molecule has 102 valence electrons. The molecule has 0 bridgehead atoms. The second-order valence-electron chi connectivity index (χ2n) is 4.35. The van der Waals surface area contributed by atoms with Crippen LogP contribution in [0.3, 0.4) is 0 Å². The van der Waals surface area contributed by atoms with E-state index in [4.69, 9.17) is 5.11 Å². The van der Waals surface area contributed by atoms with E-state index in [-0.39, 0.29) is 11.5 Å². The maximum absolute atomic E-state index is 12.2. The van der Waals surface area contributed by atoms with Crippen molar-refractivity contribution in [3.8, 4) is 0 Å². The van der Waals surface area contributed by atoms with Gasteiger partial charge in [-0.1, -0.05) is 31.2 Å². The SMILES string of the molecule is CCc1ccccc1C(=O)Nc1cccc(C(=O)O)c1. The van der Waals surface area contributed by atoms with E-state index < -0.39 is 5.97 Å². The lowest BCUT2D eigenvalue weighted by atomic mass is 10.0. The fraction of sp³-hybridized carbons (Fsp3) is 0.125. The topological polar surface area (TPSA) is 66.4 Å². The number of hydrogen-bond acceptors (Lipinski definition) is 2. The summed E-state index contributed by atoms with van der Waals surface area (Å²) in [6.07, 6.45) is 0.763. The van der Waals surface area contributed by atoms with E-state index in [1.807, 2.05) is 25.1 Å². The molecule has 2 aromatic rings. The van der Waals surface area contributed by atoms with Crippen LogP contribution in [0.25, 0.3) is 0 Å². The van der Waals surface area contributed by atoms with Crippen molar-refractivity contribution in [1.82, 2.24) is 0 Å². The van der Waals surface area contributed by atoms with Gasteiger partial charge in [0, 0.05) is 11.3 Å². The maximum atomic E-state index is 12.2. The number of amides is 1. The first-order valence-electron chi connectivity index (χ1n) is 6.34. The van der Waals surface area contributed by atoms with Gasteiger partial charge in [0.2, 0.25) is 0 Å². The molecule has 2 rings (SSSR count). The largest absolute Gasteiger partial charge is 0.478 e. The molecule has 0 heterocycles. The molecule has 0 atom stereocenters. The van der Waals surface area contributed by atoms with Gasteiger partial charge in [-0.3, -0.25) is 4.79 Å². The molecule has 0 saturated heterocycles. The van der Waals surface area contributed by atoms with Crippen molar-refractivity contribution in [2.75, 3.05) is 5.32 Å². The molecule has 0 saturated carbocycles. The van der Waals surface area contributed by atoms with Crippen LogP contribution in [-0.4, -0.2) is 17.0 Å². The van der Waals surface area contributed by atoms with Crippen LogP contribution in [0, 0.1) is 0 Å². The van der Waals surface area contributed by atoms with Gasteiger partial charge < -0.3 is 10.4 Å². The summed E-state index contributed by atoms with van der Waals surface area (Å²) < 4.78 is 0. The molecule has 1 amide bonds. The van der Waals surface area contributed by atoms with E-state index >= 15 is 0 Å². The minimum atomic E-state index is -1.02. The highest BCUT2D eigenvalue weighted by Crippen LogP contribution is 2.15. The van der Waals surface area contributed by atoms with Gasteiger partial charge in [0.05, 0.1) is 5.56 Å². The van der Waals surface area contributed by atoms with E-state index in [0.29, 0.717) is 11.3 Å².